The highest BCUT2D eigenvalue weighted by atomic mass is 16.5. The van der Waals surface area contributed by atoms with Crippen molar-refractivity contribution in [3.8, 4) is 11.5 Å². The second kappa shape index (κ2) is 9.42. The number of benzene rings is 2. The van der Waals surface area contributed by atoms with E-state index < -0.39 is 0 Å². The van der Waals surface area contributed by atoms with E-state index in [4.69, 9.17) is 14.6 Å². The Morgan fingerprint density at radius 3 is 2.12 bits per heavy atom. The second-order valence-corrected chi connectivity index (χ2v) is 8.33. The number of rotatable bonds is 7. The molecule has 1 fully saturated rings. The summed E-state index contributed by atoms with van der Waals surface area (Å²) in [6.07, 6.45) is 3.49. The Kier molecular flexibility index (Phi) is 6.44. The largest absolute Gasteiger partial charge is 0.497 e. The number of hydrogen-bond donors (Lipinski definition) is 0. The molecule has 2 aromatic carbocycles. The molecule has 0 spiro atoms. The van der Waals surface area contributed by atoms with Crippen molar-refractivity contribution in [2.24, 2.45) is 11.0 Å². The number of hydrogen-bond acceptors (Lipinski definition) is 5. The number of carbonyl (C=O) groups excluding carboxylic acids is 2. The Morgan fingerprint density at radius 2 is 1.59 bits per heavy atom. The molecule has 0 aromatic heterocycles. The van der Waals surface area contributed by atoms with Crippen molar-refractivity contribution in [1.29, 1.82) is 0 Å². The molecule has 1 aliphatic carbocycles. The molecule has 2 amide bonds. The fourth-order valence-corrected chi connectivity index (χ4v) is 4.10. The molecule has 32 heavy (non-hydrogen) atoms. The van der Waals surface area contributed by atoms with E-state index in [1.54, 1.807) is 21.3 Å². The first-order valence-electron chi connectivity index (χ1n) is 10.9. The summed E-state index contributed by atoms with van der Waals surface area (Å²) in [7, 11) is 4.95. The third-order valence-corrected chi connectivity index (χ3v) is 6.29. The molecule has 1 aliphatic heterocycles. The fraction of sp³-hybridized carbons (Fsp3) is 0.400. The minimum absolute atomic E-state index is 0.0153. The molecule has 1 heterocycles. The summed E-state index contributed by atoms with van der Waals surface area (Å²) in [6, 6.07) is 15.1. The van der Waals surface area contributed by atoms with Gasteiger partial charge in [-0.2, -0.15) is 5.10 Å². The lowest BCUT2D eigenvalue weighted by Gasteiger charge is -2.30. The maximum absolute atomic E-state index is 13.3. The highest BCUT2D eigenvalue weighted by Gasteiger charge is 2.35. The Morgan fingerprint density at radius 1 is 1.00 bits per heavy atom. The first kappa shape index (κ1) is 21.9. The number of ether oxygens (including phenoxy) is 2. The van der Waals surface area contributed by atoms with Crippen molar-refractivity contribution in [1.82, 2.24) is 9.91 Å². The van der Waals surface area contributed by atoms with E-state index in [9.17, 15) is 9.59 Å². The smallest absolute Gasteiger partial charge is 0.262 e. The van der Waals surface area contributed by atoms with Crippen LogP contribution in [0, 0.1) is 5.92 Å². The molecule has 1 saturated carbocycles. The van der Waals surface area contributed by atoms with Crippen LogP contribution >= 0.6 is 0 Å². The first-order valence-corrected chi connectivity index (χ1v) is 10.9. The highest BCUT2D eigenvalue weighted by molar-refractivity contribution is 6.03. The van der Waals surface area contributed by atoms with Crippen LogP contribution in [0.3, 0.4) is 0 Å². The SMILES string of the molecule is COc1ccc(C2=NN(C(=O)CN(C)C(=O)C3CCC3)C(c3ccc(OC)cc3)C2)cc1. The molecule has 2 aromatic rings. The zero-order chi connectivity index (χ0) is 22.7. The first-order chi connectivity index (χ1) is 15.5. The molecule has 2 aliphatic rings. The van der Waals surface area contributed by atoms with Crippen molar-refractivity contribution in [3.05, 3.63) is 59.7 Å². The third-order valence-electron chi connectivity index (χ3n) is 6.29. The van der Waals surface area contributed by atoms with E-state index >= 15 is 0 Å². The van der Waals surface area contributed by atoms with Crippen LogP contribution in [0.4, 0.5) is 0 Å². The zero-order valence-corrected chi connectivity index (χ0v) is 18.8. The predicted molar refractivity (Wildman–Crippen MR) is 122 cm³/mol. The monoisotopic (exact) mass is 435 g/mol. The molecule has 4 rings (SSSR count). The molecular formula is C25H29N3O4. The van der Waals surface area contributed by atoms with Gasteiger partial charge in [0.1, 0.15) is 18.0 Å². The molecule has 0 saturated heterocycles. The van der Waals surface area contributed by atoms with Crippen molar-refractivity contribution < 1.29 is 19.1 Å². The number of hydrazone groups is 1. The molecule has 0 bridgehead atoms. The maximum atomic E-state index is 13.3. The summed E-state index contributed by atoms with van der Waals surface area (Å²) < 4.78 is 10.5. The minimum atomic E-state index is -0.238. The summed E-state index contributed by atoms with van der Waals surface area (Å²) >= 11 is 0. The van der Waals surface area contributed by atoms with E-state index in [-0.39, 0.29) is 30.3 Å². The lowest BCUT2D eigenvalue weighted by Crippen LogP contribution is -2.42. The van der Waals surface area contributed by atoms with Gasteiger partial charge in [0.25, 0.3) is 5.91 Å². The Bertz CT molecular complexity index is 997. The molecule has 1 atom stereocenters. The summed E-state index contributed by atoms with van der Waals surface area (Å²) in [5.41, 5.74) is 2.74. The molecule has 1 unspecified atom stereocenters. The third kappa shape index (κ3) is 4.47. The molecule has 168 valence electrons. The van der Waals surface area contributed by atoms with Crippen molar-refractivity contribution in [3.63, 3.8) is 0 Å². The number of amides is 2. The van der Waals surface area contributed by atoms with Gasteiger partial charge in [0, 0.05) is 19.4 Å². The average molecular weight is 436 g/mol. The number of nitrogens with zero attached hydrogens (tertiary/aromatic N) is 3. The van der Waals surface area contributed by atoms with Crippen LogP contribution in [-0.4, -0.2) is 55.2 Å². The van der Waals surface area contributed by atoms with Gasteiger partial charge in [-0.05, 0) is 60.4 Å². The van der Waals surface area contributed by atoms with Gasteiger partial charge in [0.2, 0.25) is 5.91 Å². The van der Waals surface area contributed by atoms with Gasteiger partial charge in [-0.1, -0.05) is 18.6 Å². The van der Waals surface area contributed by atoms with Crippen molar-refractivity contribution >= 4 is 17.5 Å². The van der Waals surface area contributed by atoms with Crippen LogP contribution in [0.5, 0.6) is 11.5 Å². The molecule has 0 radical (unpaired) electrons. The summed E-state index contributed by atoms with van der Waals surface area (Å²) in [5.74, 6) is 1.44. The fourth-order valence-electron chi connectivity index (χ4n) is 4.10. The average Bonchev–Trinajstić information content (AvgIpc) is 3.23. The van der Waals surface area contributed by atoms with E-state index in [0.29, 0.717) is 6.42 Å². The topological polar surface area (TPSA) is 71.4 Å². The summed E-state index contributed by atoms with van der Waals surface area (Å²) in [5, 5.41) is 6.23. The van der Waals surface area contributed by atoms with Crippen LogP contribution < -0.4 is 9.47 Å². The van der Waals surface area contributed by atoms with Gasteiger partial charge in [0.15, 0.2) is 0 Å². The summed E-state index contributed by atoms with van der Waals surface area (Å²) in [6.45, 7) is 0.0153. The standard InChI is InChI=1S/C25H29N3O4/c1-27(25(30)19-5-4-6-19)16-24(29)28-23(18-9-13-21(32-3)14-10-18)15-22(26-28)17-7-11-20(31-2)12-8-17/h7-14,19,23H,4-6,15-16H2,1-3H3. The van der Waals surface area contributed by atoms with Crippen LogP contribution in [0.25, 0.3) is 0 Å². The van der Waals surface area contributed by atoms with Gasteiger partial charge in [-0.25, -0.2) is 5.01 Å². The van der Waals surface area contributed by atoms with Gasteiger partial charge in [-0.15, -0.1) is 0 Å². The molecule has 0 N–H and O–H groups in total. The second-order valence-electron chi connectivity index (χ2n) is 8.33. The van der Waals surface area contributed by atoms with Crippen LogP contribution in [0.1, 0.15) is 42.9 Å². The van der Waals surface area contributed by atoms with Crippen molar-refractivity contribution in [2.75, 3.05) is 27.8 Å². The van der Waals surface area contributed by atoms with Gasteiger partial charge >= 0.3 is 0 Å². The number of methoxy groups -OCH3 is 2. The van der Waals surface area contributed by atoms with Crippen LogP contribution in [-0.2, 0) is 9.59 Å². The molecular weight excluding hydrogens is 406 g/mol. The van der Waals surface area contributed by atoms with E-state index in [1.807, 2.05) is 48.5 Å². The Hall–Kier alpha value is -3.35. The van der Waals surface area contributed by atoms with Gasteiger partial charge < -0.3 is 14.4 Å². The Balaban J connectivity index is 1.57. The predicted octanol–water partition coefficient (Wildman–Crippen LogP) is 3.64. The maximum Gasteiger partial charge on any atom is 0.262 e. The lowest BCUT2D eigenvalue weighted by molar-refractivity contribution is -0.144. The van der Waals surface area contributed by atoms with Crippen LogP contribution in [0.2, 0.25) is 0 Å². The normalized spacial score (nSPS) is 18.0. The Labute approximate surface area is 188 Å². The summed E-state index contributed by atoms with van der Waals surface area (Å²) in [4.78, 5) is 27.3. The lowest BCUT2D eigenvalue weighted by atomic mass is 9.84. The highest BCUT2D eigenvalue weighted by Crippen LogP contribution is 2.34. The van der Waals surface area contributed by atoms with E-state index in [0.717, 1.165) is 47.6 Å². The minimum Gasteiger partial charge on any atom is -0.497 e. The van der Waals surface area contributed by atoms with Crippen molar-refractivity contribution in [2.45, 2.75) is 31.7 Å². The van der Waals surface area contributed by atoms with E-state index in [1.165, 1.54) is 9.91 Å². The molecule has 7 heteroatoms. The molecule has 7 nitrogen and oxygen atoms in total. The van der Waals surface area contributed by atoms with Crippen LogP contribution in [0.15, 0.2) is 53.6 Å². The van der Waals surface area contributed by atoms with Gasteiger partial charge in [-0.3, -0.25) is 9.59 Å². The van der Waals surface area contributed by atoms with E-state index in [2.05, 4.69) is 0 Å². The number of likely N-dealkylation sites (N-methyl/N-ethyl adjacent to an activating group) is 1. The van der Waals surface area contributed by atoms with Gasteiger partial charge in [0.05, 0.1) is 26.0 Å². The zero-order valence-electron chi connectivity index (χ0n) is 18.8. The number of carbonyl (C=O) groups is 2. The quantitative estimate of drug-likeness (QED) is 0.666.